The first-order valence-corrected chi connectivity index (χ1v) is 5.46. The Morgan fingerprint density at radius 2 is 1.22 bits per heavy atom. The minimum atomic E-state index is -0.505. The van der Waals surface area contributed by atoms with Crippen LogP contribution in [0.5, 0.6) is 0 Å². The molecule has 2 saturated heterocycles. The SMILES string of the molecule is O=C1CCC(=O)N1CCO.O=C1CCC(=O)N1O. The Morgan fingerprint density at radius 3 is 1.50 bits per heavy atom. The first-order valence-electron chi connectivity index (χ1n) is 5.46. The second kappa shape index (κ2) is 6.22. The minimum absolute atomic E-state index is 0.141. The van der Waals surface area contributed by atoms with Crippen LogP contribution in [0.15, 0.2) is 0 Å². The molecule has 0 aliphatic carbocycles. The molecule has 4 amide bonds. The summed E-state index contributed by atoms with van der Waals surface area (Å²) in [5, 5.41) is 17.0. The molecule has 8 nitrogen and oxygen atoms in total. The molecule has 0 radical (unpaired) electrons. The van der Waals surface area contributed by atoms with E-state index >= 15 is 0 Å². The van der Waals surface area contributed by atoms with Gasteiger partial charge in [-0.25, -0.2) is 0 Å². The lowest BCUT2D eigenvalue weighted by Crippen LogP contribution is -2.31. The van der Waals surface area contributed by atoms with Crippen LogP contribution in [0, 0.1) is 0 Å². The van der Waals surface area contributed by atoms with E-state index in [4.69, 9.17) is 10.3 Å². The monoisotopic (exact) mass is 258 g/mol. The molecule has 18 heavy (non-hydrogen) atoms. The third-order valence-electron chi connectivity index (χ3n) is 2.50. The summed E-state index contributed by atoms with van der Waals surface area (Å²) in [7, 11) is 0. The molecule has 0 spiro atoms. The van der Waals surface area contributed by atoms with Gasteiger partial charge in [0.2, 0.25) is 11.8 Å². The van der Waals surface area contributed by atoms with E-state index in [0.29, 0.717) is 12.8 Å². The number of carbonyl (C=O) groups excluding carboxylic acids is 4. The van der Waals surface area contributed by atoms with Gasteiger partial charge in [0, 0.05) is 25.7 Å². The van der Waals surface area contributed by atoms with E-state index in [-0.39, 0.29) is 42.9 Å². The van der Waals surface area contributed by atoms with E-state index in [1.165, 1.54) is 0 Å². The van der Waals surface area contributed by atoms with Gasteiger partial charge in [0.1, 0.15) is 0 Å². The zero-order valence-corrected chi connectivity index (χ0v) is 9.66. The van der Waals surface area contributed by atoms with Crippen molar-refractivity contribution in [2.75, 3.05) is 13.2 Å². The van der Waals surface area contributed by atoms with Gasteiger partial charge in [-0.2, -0.15) is 5.06 Å². The number of nitrogens with zero attached hydrogens (tertiary/aromatic N) is 2. The number of likely N-dealkylation sites (tertiary alicyclic amines) is 1. The maximum Gasteiger partial charge on any atom is 0.253 e. The summed E-state index contributed by atoms with van der Waals surface area (Å²) in [5.41, 5.74) is 0. The van der Waals surface area contributed by atoms with Crippen molar-refractivity contribution in [3.05, 3.63) is 0 Å². The standard InChI is InChI=1S/C6H9NO3.C4H5NO3/c8-4-3-7-5(9)1-2-6(7)10;6-3-1-2-4(7)5(3)8/h8H,1-4H2;8H,1-2H2. The predicted octanol–water partition coefficient (Wildman–Crippen LogP) is -1.35. The third kappa shape index (κ3) is 3.34. The minimum Gasteiger partial charge on any atom is -0.395 e. The van der Waals surface area contributed by atoms with E-state index in [0.717, 1.165) is 4.90 Å². The molecule has 0 atom stereocenters. The van der Waals surface area contributed by atoms with Crippen LogP contribution in [0.1, 0.15) is 25.7 Å². The van der Waals surface area contributed by atoms with E-state index in [1.807, 2.05) is 0 Å². The summed E-state index contributed by atoms with van der Waals surface area (Å²) in [6.45, 7) is 0.00907. The topological polar surface area (TPSA) is 115 Å². The second-order valence-electron chi connectivity index (χ2n) is 3.76. The number of rotatable bonds is 2. The summed E-state index contributed by atoms with van der Waals surface area (Å²) in [4.78, 5) is 43.1. The van der Waals surface area contributed by atoms with Crippen molar-refractivity contribution in [1.82, 2.24) is 9.96 Å². The van der Waals surface area contributed by atoms with Crippen molar-refractivity contribution in [3.8, 4) is 0 Å². The fourth-order valence-electron chi connectivity index (χ4n) is 1.54. The van der Waals surface area contributed by atoms with Gasteiger partial charge < -0.3 is 5.11 Å². The van der Waals surface area contributed by atoms with Gasteiger partial charge in [-0.05, 0) is 0 Å². The van der Waals surface area contributed by atoms with Crippen LogP contribution < -0.4 is 0 Å². The number of hydrogen-bond donors (Lipinski definition) is 2. The normalized spacial score (nSPS) is 19.4. The Kier molecular flexibility index (Phi) is 4.93. The largest absolute Gasteiger partial charge is 0.395 e. The molecule has 0 aromatic heterocycles. The fourth-order valence-corrected chi connectivity index (χ4v) is 1.54. The van der Waals surface area contributed by atoms with E-state index in [9.17, 15) is 19.2 Å². The van der Waals surface area contributed by atoms with Crippen molar-refractivity contribution in [2.45, 2.75) is 25.7 Å². The molecule has 0 unspecified atom stereocenters. The highest BCUT2D eigenvalue weighted by atomic mass is 16.5. The van der Waals surface area contributed by atoms with Gasteiger partial charge in [-0.15, -0.1) is 0 Å². The Balaban J connectivity index is 0.000000184. The predicted molar refractivity (Wildman–Crippen MR) is 55.9 cm³/mol. The molecule has 0 saturated carbocycles. The molecule has 2 rings (SSSR count). The Labute approximate surface area is 103 Å². The Bertz CT molecular complexity index is 349. The van der Waals surface area contributed by atoms with E-state index in [2.05, 4.69) is 0 Å². The van der Waals surface area contributed by atoms with E-state index < -0.39 is 11.8 Å². The number of carbonyl (C=O) groups is 4. The van der Waals surface area contributed by atoms with Crippen LogP contribution in [0.4, 0.5) is 0 Å². The van der Waals surface area contributed by atoms with E-state index in [1.54, 1.807) is 0 Å². The number of β-amino-alcohol motifs (C(OH)–C–C–N with tert-alkyl or cyclic N) is 1. The van der Waals surface area contributed by atoms with Crippen LogP contribution in [0.3, 0.4) is 0 Å². The van der Waals surface area contributed by atoms with Crippen molar-refractivity contribution < 1.29 is 29.5 Å². The summed E-state index contributed by atoms with van der Waals surface area (Å²) in [6.07, 6.45) is 0.905. The average molecular weight is 258 g/mol. The third-order valence-corrected chi connectivity index (χ3v) is 2.50. The van der Waals surface area contributed by atoms with Crippen molar-refractivity contribution in [1.29, 1.82) is 0 Å². The first-order chi connectivity index (χ1) is 8.47. The van der Waals surface area contributed by atoms with Crippen molar-refractivity contribution in [3.63, 3.8) is 0 Å². The molecular weight excluding hydrogens is 244 g/mol. The first kappa shape index (κ1) is 14.3. The summed E-state index contributed by atoms with van der Waals surface area (Å²) in [6, 6.07) is 0. The summed E-state index contributed by atoms with van der Waals surface area (Å²) < 4.78 is 0. The number of hydrogen-bond acceptors (Lipinski definition) is 6. The van der Waals surface area contributed by atoms with Crippen LogP contribution in [0.2, 0.25) is 0 Å². The Hall–Kier alpha value is -1.80. The number of hydroxylamine groups is 2. The van der Waals surface area contributed by atoms with Gasteiger partial charge in [0.25, 0.3) is 11.8 Å². The van der Waals surface area contributed by atoms with Crippen molar-refractivity contribution in [2.24, 2.45) is 0 Å². The molecule has 0 aromatic carbocycles. The molecule has 2 N–H and O–H groups in total. The summed E-state index contributed by atoms with van der Waals surface area (Å²) in [5.74, 6) is -1.34. The van der Waals surface area contributed by atoms with Crippen molar-refractivity contribution >= 4 is 23.6 Å². The number of aliphatic hydroxyl groups excluding tert-OH is 1. The molecule has 2 fully saturated rings. The average Bonchev–Trinajstić information content (AvgIpc) is 2.81. The maximum atomic E-state index is 10.8. The molecule has 2 aliphatic heterocycles. The number of amides is 4. The van der Waals surface area contributed by atoms with Crippen LogP contribution in [-0.4, -0.2) is 57.1 Å². The molecule has 0 aromatic rings. The lowest BCUT2D eigenvalue weighted by Gasteiger charge is -2.10. The molecule has 8 heteroatoms. The highest BCUT2D eigenvalue weighted by molar-refractivity contribution is 6.02. The van der Waals surface area contributed by atoms with Crippen LogP contribution >= 0.6 is 0 Å². The quantitative estimate of drug-likeness (QED) is 0.467. The van der Waals surface area contributed by atoms with Crippen LogP contribution in [-0.2, 0) is 19.2 Å². The molecular formula is C10H14N2O6. The number of imide groups is 2. The zero-order valence-electron chi connectivity index (χ0n) is 9.66. The fraction of sp³-hybridized carbons (Fsp3) is 0.600. The lowest BCUT2D eigenvalue weighted by atomic mass is 10.4. The molecule has 0 bridgehead atoms. The lowest BCUT2D eigenvalue weighted by molar-refractivity contribution is -0.171. The molecule has 100 valence electrons. The van der Waals surface area contributed by atoms with Gasteiger partial charge in [-0.1, -0.05) is 0 Å². The van der Waals surface area contributed by atoms with Crippen LogP contribution in [0.25, 0.3) is 0 Å². The van der Waals surface area contributed by atoms with Gasteiger partial charge in [0.15, 0.2) is 0 Å². The van der Waals surface area contributed by atoms with Gasteiger partial charge in [-0.3, -0.25) is 29.3 Å². The maximum absolute atomic E-state index is 10.8. The highest BCUT2D eigenvalue weighted by Crippen LogP contribution is 2.10. The molecule has 2 aliphatic rings. The zero-order chi connectivity index (χ0) is 13.7. The van der Waals surface area contributed by atoms with Gasteiger partial charge >= 0.3 is 0 Å². The summed E-state index contributed by atoms with van der Waals surface area (Å²) >= 11 is 0. The smallest absolute Gasteiger partial charge is 0.253 e. The Morgan fingerprint density at radius 1 is 0.833 bits per heavy atom. The van der Waals surface area contributed by atoms with Gasteiger partial charge in [0.05, 0.1) is 13.2 Å². The molecule has 2 heterocycles. The second-order valence-corrected chi connectivity index (χ2v) is 3.76. The number of aliphatic hydroxyl groups is 1. The highest BCUT2D eigenvalue weighted by Gasteiger charge is 2.28.